The van der Waals surface area contributed by atoms with Crippen LogP contribution in [-0.2, 0) is 14.3 Å². The fraction of sp³-hybridized carbons (Fsp3) is 0.516. The summed E-state index contributed by atoms with van der Waals surface area (Å²) in [6.07, 6.45) is 0. The Hall–Kier alpha value is -3.08. The monoisotopic (exact) mass is 582 g/mol. The van der Waals surface area contributed by atoms with Crippen LogP contribution in [0.5, 0.6) is 5.75 Å². The van der Waals surface area contributed by atoms with E-state index in [1.165, 1.54) is 0 Å². The van der Waals surface area contributed by atoms with Gasteiger partial charge in [0.25, 0.3) is 5.22 Å². The molecule has 222 valence electrons. The highest BCUT2D eigenvalue weighted by molar-refractivity contribution is 7.99. The number of carbonyl (C=O) groups excluding carboxylic acids is 2. The average Bonchev–Trinajstić information content (AvgIpc) is 3.36. The van der Waals surface area contributed by atoms with Crippen molar-refractivity contribution in [2.45, 2.75) is 51.7 Å². The minimum Gasteiger partial charge on any atom is -0.482 e. The molecule has 2 heterocycles. The van der Waals surface area contributed by atoms with Crippen LogP contribution in [0.1, 0.15) is 57.6 Å². The molecular formula is C31H42N4O5S. The Labute approximate surface area is 246 Å². The third-order valence-electron chi connectivity index (χ3n) is 7.08. The maximum absolute atomic E-state index is 13.2. The molecule has 4 rings (SSSR count). The summed E-state index contributed by atoms with van der Waals surface area (Å²) in [5.41, 5.74) is 4.54. The zero-order valence-corrected chi connectivity index (χ0v) is 25.6. The van der Waals surface area contributed by atoms with Crippen molar-refractivity contribution in [1.29, 1.82) is 0 Å². The second-order valence-electron chi connectivity index (χ2n) is 10.8. The van der Waals surface area contributed by atoms with Crippen LogP contribution < -0.4 is 10.1 Å². The van der Waals surface area contributed by atoms with Crippen molar-refractivity contribution in [2.24, 2.45) is 0 Å². The molecule has 1 fully saturated rings. The number of thioether (sulfide) groups is 1. The minimum atomic E-state index is -0.399. The van der Waals surface area contributed by atoms with Gasteiger partial charge in [0.15, 0.2) is 12.2 Å². The molecule has 0 unspecified atom stereocenters. The zero-order valence-electron chi connectivity index (χ0n) is 24.8. The number of hydrogen-bond acceptors (Lipinski definition) is 9. The summed E-state index contributed by atoms with van der Waals surface area (Å²) in [6, 6.07) is 11.7. The number of oxazole rings is 1. The average molecular weight is 583 g/mol. The van der Waals surface area contributed by atoms with Gasteiger partial charge in [-0.3, -0.25) is 14.6 Å². The third kappa shape index (κ3) is 8.70. The van der Waals surface area contributed by atoms with E-state index >= 15 is 0 Å². The number of nitrogens with one attached hydrogen (secondary N) is 1. The molecule has 1 amide bonds. The highest BCUT2D eigenvalue weighted by atomic mass is 32.2. The van der Waals surface area contributed by atoms with Gasteiger partial charge in [-0.1, -0.05) is 51.6 Å². The lowest BCUT2D eigenvalue weighted by Gasteiger charge is -2.34. The highest BCUT2D eigenvalue weighted by Crippen LogP contribution is 2.36. The zero-order chi connectivity index (χ0) is 29.4. The van der Waals surface area contributed by atoms with E-state index in [1.807, 2.05) is 36.4 Å². The van der Waals surface area contributed by atoms with Gasteiger partial charge in [0.2, 0.25) is 5.91 Å². The molecule has 0 radical (unpaired) electrons. The Morgan fingerprint density at radius 3 is 2.32 bits per heavy atom. The quantitative estimate of drug-likeness (QED) is 0.211. The molecule has 3 aromatic rings. The molecule has 2 aromatic carbocycles. The van der Waals surface area contributed by atoms with E-state index in [0.717, 1.165) is 66.4 Å². The van der Waals surface area contributed by atoms with Crippen molar-refractivity contribution >= 4 is 40.4 Å². The van der Waals surface area contributed by atoms with Gasteiger partial charge in [0.05, 0.1) is 13.2 Å². The number of benzene rings is 2. The van der Waals surface area contributed by atoms with Crippen molar-refractivity contribution < 1.29 is 23.5 Å². The number of esters is 1. The number of piperazine rings is 1. The summed E-state index contributed by atoms with van der Waals surface area (Å²) < 4.78 is 16.5. The van der Waals surface area contributed by atoms with Gasteiger partial charge < -0.3 is 19.2 Å². The lowest BCUT2D eigenvalue weighted by atomic mass is 9.92. The molecule has 1 aromatic heterocycles. The molecule has 0 saturated carbocycles. The number of fused-ring (bicyclic) bond motifs is 1. The van der Waals surface area contributed by atoms with Crippen LogP contribution in [-0.4, -0.2) is 84.9 Å². The highest BCUT2D eigenvalue weighted by Gasteiger charge is 2.22. The first kappa shape index (κ1) is 30.9. The molecule has 1 N–H and O–H groups in total. The summed E-state index contributed by atoms with van der Waals surface area (Å²) in [5, 5.41) is 3.92. The Morgan fingerprint density at radius 1 is 1.02 bits per heavy atom. The maximum atomic E-state index is 13.2. The molecule has 9 nitrogen and oxygen atoms in total. The number of rotatable bonds is 13. The van der Waals surface area contributed by atoms with Crippen LogP contribution in [0.2, 0.25) is 0 Å². The Morgan fingerprint density at radius 2 is 1.68 bits per heavy atom. The molecule has 1 aliphatic heterocycles. The van der Waals surface area contributed by atoms with Gasteiger partial charge in [0, 0.05) is 44.2 Å². The first-order valence-electron chi connectivity index (χ1n) is 14.4. The van der Waals surface area contributed by atoms with Crippen molar-refractivity contribution in [3.8, 4) is 5.75 Å². The lowest BCUT2D eigenvalue weighted by molar-refractivity contribution is -0.145. The van der Waals surface area contributed by atoms with Crippen molar-refractivity contribution in [3.05, 3.63) is 47.5 Å². The van der Waals surface area contributed by atoms with Crippen molar-refractivity contribution in [2.75, 3.05) is 63.6 Å². The molecular weight excluding hydrogens is 540 g/mol. The van der Waals surface area contributed by atoms with E-state index in [2.05, 4.69) is 47.8 Å². The topological polar surface area (TPSA) is 97.1 Å². The Bertz CT molecular complexity index is 1250. The predicted molar refractivity (Wildman–Crippen MR) is 163 cm³/mol. The molecule has 1 aliphatic rings. The number of hydrogen-bond donors (Lipinski definition) is 1. The number of ether oxygens (including phenoxy) is 2. The molecule has 0 bridgehead atoms. The summed E-state index contributed by atoms with van der Waals surface area (Å²) in [7, 11) is 0. The number of carbonyl (C=O) groups is 2. The van der Waals surface area contributed by atoms with Crippen LogP contribution in [0, 0.1) is 0 Å². The van der Waals surface area contributed by atoms with E-state index in [9.17, 15) is 9.59 Å². The van der Waals surface area contributed by atoms with Crippen molar-refractivity contribution in [3.63, 3.8) is 0 Å². The Kier molecular flexibility index (Phi) is 11.1. The van der Waals surface area contributed by atoms with Crippen LogP contribution >= 0.6 is 11.8 Å². The summed E-state index contributed by atoms with van der Waals surface area (Å²) in [4.78, 5) is 34.2. The molecule has 0 spiro atoms. The fourth-order valence-electron chi connectivity index (χ4n) is 4.87. The van der Waals surface area contributed by atoms with E-state index in [-0.39, 0.29) is 24.3 Å². The SMILES string of the molecule is CCOC(=O)COc1cc(C(C)C)c(NC(=O)CN2CCN(CCSc3nc4ccccc4o3)CC2)c(C(C)C)c1. The number of anilines is 1. The lowest BCUT2D eigenvalue weighted by Crippen LogP contribution is -2.49. The van der Waals surface area contributed by atoms with Gasteiger partial charge in [-0.2, -0.15) is 0 Å². The number of amides is 1. The predicted octanol–water partition coefficient (Wildman–Crippen LogP) is 5.36. The van der Waals surface area contributed by atoms with Gasteiger partial charge in [0.1, 0.15) is 11.3 Å². The smallest absolute Gasteiger partial charge is 0.344 e. The first-order chi connectivity index (χ1) is 19.7. The third-order valence-corrected chi connectivity index (χ3v) is 7.89. The Balaban J connectivity index is 1.28. The number of nitrogens with zero attached hydrogens (tertiary/aromatic N) is 3. The molecule has 0 atom stereocenters. The first-order valence-corrected chi connectivity index (χ1v) is 15.4. The second-order valence-corrected chi connectivity index (χ2v) is 11.9. The van der Waals surface area contributed by atoms with Crippen LogP contribution in [0.25, 0.3) is 11.1 Å². The molecule has 0 aliphatic carbocycles. The van der Waals surface area contributed by atoms with Gasteiger partial charge in [-0.15, -0.1) is 0 Å². The maximum Gasteiger partial charge on any atom is 0.344 e. The normalized spacial score (nSPS) is 14.6. The van der Waals surface area contributed by atoms with Crippen LogP contribution in [0.4, 0.5) is 5.69 Å². The van der Waals surface area contributed by atoms with E-state index < -0.39 is 5.97 Å². The molecule has 41 heavy (non-hydrogen) atoms. The fourth-order valence-corrected chi connectivity index (χ4v) is 5.71. The van der Waals surface area contributed by atoms with Gasteiger partial charge >= 0.3 is 5.97 Å². The largest absolute Gasteiger partial charge is 0.482 e. The summed E-state index contributed by atoms with van der Waals surface area (Å²) in [5.74, 6) is 1.41. The van der Waals surface area contributed by atoms with E-state index in [4.69, 9.17) is 13.9 Å². The summed E-state index contributed by atoms with van der Waals surface area (Å²) in [6.45, 7) is 15.1. The van der Waals surface area contributed by atoms with Gasteiger partial charge in [-0.25, -0.2) is 9.78 Å². The summed E-state index contributed by atoms with van der Waals surface area (Å²) >= 11 is 1.64. The van der Waals surface area contributed by atoms with Crippen molar-refractivity contribution in [1.82, 2.24) is 14.8 Å². The molecule has 1 saturated heterocycles. The minimum absolute atomic E-state index is 0.0195. The number of aromatic nitrogens is 1. The standard InChI is InChI=1S/C31H42N4O5S/c1-6-38-29(37)20-39-23-17-24(21(2)3)30(25(18-23)22(4)5)33-28(36)19-35-13-11-34(12-14-35)15-16-41-31-32-26-9-7-8-10-27(26)40-31/h7-10,17-18,21-22H,6,11-16,19-20H2,1-5H3,(H,33,36). The van der Waals surface area contributed by atoms with E-state index in [1.54, 1.807) is 18.7 Å². The van der Waals surface area contributed by atoms with Crippen LogP contribution in [0.3, 0.4) is 0 Å². The van der Waals surface area contributed by atoms with Gasteiger partial charge in [-0.05, 0) is 54.2 Å². The van der Waals surface area contributed by atoms with Crippen LogP contribution in [0.15, 0.2) is 46.0 Å². The van der Waals surface area contributed by atoms with E-state index in [0.29, 0.717) is 24.1 Å². The number of para-hydroxylation sites is 2. The second kappa shape index (κ2) is 14.7. The molecule has 10 heteroatoms.